The Morgan fingerprint density at radius 2 is 0.847 bits per heavy atom. The second kappa shape index (κ2) is 60.7. The number of ketones is 5. The summed E-state index contributed by atoms with van der Waals surface area (Å²) in [4.78, 5) is 70.6. The molecule has 131 heavy (non-hydrogen) atoms. The van der Waals surface area contributed by atoms with Crippen LogP contribution in [0, 0.1) is 58.6 Å². The Labute approximate surface area is 840 Å². The Bertz CT molecular complexity index is 6120. The van der Waals surface area contributed by atoms with Crippen LogP contribution in [-0.4, -0.2) is 84.6 Å². The molecule has 0 atom stereocenters. The molecule has 9 aromatic carbocycles. The standard InChI is InChI=1S/C21H12F2N.C15H9FN.C15H10N.C13H8NS.C11H20O2.C10H6ClN2.4C5H8O2.5Ir/c22-15-10-11-17(19(23)12-15)21-13-18(14-6-2-1-3-7-14)16-8-4-5-9-20(16)24-21;16-13-7-3-2-6-12(13)15-10-9-11-5-1-4-8-14(11)17-15;1-2-6-12(7-3-1)15-11-10-13-8-4-5-9-14(13)16-15;1-2-7-12-10(5-1)9-13(15-12)11-6-3-4-8-14-11;1-10(2,3)8(12)7-9(13)11(4,5)6;11-10-7-6-9(12-13-10)8-4-2-1-3-5-8;4*1-4(6)3-5(2)7;;;;;/h1-10,12-13H;1-5,7-10H;1-6,8-11H;1-8H;7,12H,1-6H3;1-4,6-7H;4*3,6H,1-2H3;;;;;/q4*-1;;-1;;;;;;;;;. The predicted octanol–water partition coefficient (Wildman–Crippen LogP) is 26.8. The van der Waals surface area contributed by atoms with Gasteiger partial charge in [0.15, 0.2) is 28.9 Å². The normalized spacial score (nSPS) is 10.7. The molecule has 0 aliphatic heterocycles. The molecule has 0 aliphatic rings. The van der Waals surface area contributed by atoms with Gasteiger partial charge in [-0.15, -0.1) is 137 Å². The van der Waals surface area contributed by atoms with Crippen molar-refractivity contribution in [3.63, 3.8) is 0 Å². The second-order valence-electron chi connectivity index (χ2n) is 29.7. The van der Waals surface area contributed by atoms with Crippen molar-refractivity contribution < 1.29 is 163 Å². The van der Waals surface area contributed by atoms with Crippen LogP contribution in [0.5, 0.6) is 0 Å². The maximum Gasteiger partial charge on any atom is 0.164 e. The fourth-order valence-electron chi connectivity index (χ4n) is 10.7. The summed E-state index contributed by atoms with van der Waals surface area (Å²) in [6, 6.07) is 98.3. The fraction of sp³-hybridized carbons (Fsp3) is 0.152. The van der Waals surface area contributed by atoms with E-state index >= 15 is 0 Å². The molecule has 6 aromatic heterocycles. The molecule has 691 valence electrons. The quantitative estimate of drug-likeness (QED) is 0.0458. The Morgan fingerprint density at radius 3 is 1.31 bits per heavy atom. The molecule has 0 spiro atoms. The van der Waals surface area contributed by atoms with Gasteiger partial charge in [0.25, 0.3) is 0 Å². The number of pyridine rings is 4. The Kier molecular flexibility index (Phi) is 54.6. The summed E-state index contributed by atoms with van der Waals surface area (Å²) in [5, 5.41) is 55.5. The molecular weight excluding hydrogens is 2590 g/mol. The van der Waals surface area contributed by atoms with Gasteiger partial charge in [0.1, 0.15) is 10.9 Å². The Balaban J connectivity index is 0.000000744. The number of halogens is 4. The van der Waals surface area contributed by atoms with Crippen LogP contribution in [0.1, 0.15) is 96.9 Å². The molecule has 5 radical (unpaired) electrons. The summed E-state index contributed by atoms with van der Waals surface area (Å²) in [7, 11) is 0. The molecule has 0 saturated carbocycles. The van der Waals surface area contributed by atoms with Crippen molar-refractivity contribution in [3.05, 3.63) is 385 Å². The number of thiophene rings is 1. The monoisotopic (exact) mass is 2690 g/mol. The van der Waals surface area contributed by atoms with Crippen LogP contribution in [0.3, 0.4) is 0 Å². The van der Waals surface area contributed by atoms with Gasteiger partial charge in [-0.3, -0.25) is 52.1 Å². The number of hydrogen-bond acceptors (Lipinski definition) is 17. The van der Waals surface area contributed by atoms with E-state index in [-0.39, 0.29) is 175 Å². The number of carbonyl (C=O) groups excluding carboxylic acids is 5. The zero-order valence-electron chi connectivity index (χ0n) is 73.9. The molecule has 0 unspecified atom stereocenters. The Morgan fingerprint density at radius 1 is 0.397 bits per heavy atom. The minimum absolute atomic E-state index is 0. The van der Waals surface area contributed by atoms with E-state index in [0.717, 1.165) is 83.7 Å². The largest absolute Gasteiger partial charge is 0.512 e. The van der Waals surface area contributed by atoms with Crippen molar-refractivity contribution in [2.45, 2.75) is 96.9 Å². The van der Waals surface area contributed by atoms with Gasteiger partial charge in [0.2, 0.25) is 0 Å². The van der Waals surface area contributed by atoms with Gasteiger partial charge in [-0.25, -0.2) is 11.3 Å². The second-order valence-corrected chi connectivity index (χ2v) is 31.1. The third-order valence-electron chi connectivity index (χ3n) is 16.4. The van der Waals surface area contributed by atoms with E-state index in [9.17, 15) is 42.3 Å². The molecule has 15 aromatic rings. The molecule has 0 aliphatic carbocycles. The third-order valence-corrected chi connectivity index (χ3v) is 17.7. The van der Waals surface area contributed by atoms with E-state index in [0.29, 0.717) is 22.1 Å². The summed E-state index contributed by atoms with van der Waals surface area (Å²) in [5.74, 6) is -1.76. The van der Waals surface area contributed by atoms with E-state index in [4.69, 9.17) is 32.0 Å². The number of aliphatic hydroxyl groups is 5. The Hall–Kier alpha value is -11.2. The summed E-state index contributed by atoms with van der Waals surface area (Å²) < 4.78 is 42.2. The van der Waals surface area contributed by atoms with Gasteiger partial charge >= 0.3 is 0 Å². The van der Waals surface area contributed by atoms with E-state index in [1.807, 2.05) is 248 Å². The van der Waals surface area contributed by atoms with Crippen molar-refractivity contribution in [2.24, 2.45) is 10.8 Å². The predicted molar refractivity (Wildman–Crippen MR) is 501 cm³/mol. The molecule has 16 nitrogen and oxygen atoms in total. The number of fused-ring (bicyclic) bond motifs is 4. The SMILES string of the molecule is CC(=O)C=C(C)O.CC(=O)C=C(C)O.CC(=O)C=C(C)O.CC(=O)C=C(C)O.CC(C)(C)C(=O)C=C(O)C(C)(C)C.Clc1ccc(-c2[c-]cccc2)nn1.Fc1c[c-]c(-c2cc(-c3ccccc3)c3ccccc3n2)c(F)c1.Fc1ccc[c-]c1-c1ccc2ccccc2n1.[Ir].[Ir].[Ir].[Ir].[Ir].[c-]1c(-c2ccccn2)sc2ccccc12.[c-]1ccccc1-c1ccc2ccccc2n1. The van der Waals surface area contributed by atoms with Crippen LogP contribution in [0.4, 0.5) is 13.2 Å². The summed E-state index contributed by atoms with van der Waals surface area (Å²) >= 11 is 7.35. The summed E-state index contributed by atoms with van der Waals surface area (Å²) in [5.41, 5.74) is 10.2. The minimum atomic E-state index is -0.670. The van der Waals surface area contributed by atoms with Crippen LogP contribution in [0.2, 0.25) is 5.15 Å². The van der Waals surface area contributed by atoms with Crippen molar-refractivity contribution in [1.29, 1.82) is 0 Å². The molecular formula is C105H97ClF3Ir5N6O10S-5. The number of benzene rings is 9. The van der Waals surface area contributed by atoms with Crippen LogP contribution < -0.4 is 0 Å². The zero-order valence-corrected chi connectivity index (χ0v) is 87.5. The van der Waals surface area contributed by atoms with Gasteiger partial charge < -0.3 is 30.5 Å². The first-order chi connectivity index (χ1) is 59.8. The number of allylic oxidation sites excluding steroid dienone is 10. The number of aromatic nitrogens is 6. The smallest absolute Gasteiger partial charge is 0.164 e. The van der Waals surface area contributed by atoms with Crippen LogP contribution in [-0.2, 0) is 124 Å². The summed E-state index contributed by atoms with van der Waals surface area (Å²) in [6.07, 6.45) is 7.81. The number of nitrogens with zero attached hydrogens (tertiary/aromatic N) is 6. The molecule has 0 bridgehead atoms. The first kappa shape index (κ1) is 118. The minimum Gasteiger partial charge on any atom is -0.512 e. The van der Waals surface area contributed by atoms with Crippen LogP contribution >= 0.6 is 22.9 Å². The maximum atomic E-state index is 14.2. The molecule has 5 N–H and O–H groups in total. The molecule has 6 heterocycles. The maximum absolute atomic E-state index is 14.2. The first-order valence-electron chi connectivity index (χ1n) is 39.3. The molecule has 15 rings (SSSR count). The summed E-state index contributed by atoms with van der Waals surface area (Å²) in [6.45, 7) is 22.5. The number of aliphatic hydroxyl groups excluding tert-OH is 5. The number of carbonyl (C=O) groups is 5. The molecule has 0 fully saturated rings. The van der Waals surface area contributed by atoms with Gasteiger partial charge in [0.05, 0.1) is 39.6 Å². The molecule has 0 amide bonds. The number of rotatable bonds is 11. The molecule has 0 saturated heterocycles. The van der Waals surface area contributed by atoms with Gasteiger partial charge in [-0.05, 0) is 134 Å². The van der Waals surface area contributed by atoms with Crippen LogP contribution in [0.15, 0.2) is 332 Å². The number of hydrogen-bond donors (Lipinski definition) is 5. The van der Waals surface area contributed by atoms with Crippen molar-refractivity contribution in [3.8, 4) is 66.7 Å². The average molecular weight is 2690 g/mol. The van der Waals surface area contributed by atoms with Gasteiger partial charge in [-0.2, -0.15) is 5.10 Å². The molecule has 26 heteroatoms. The van der Waals surface area contributed by atoms with E-state index in [1.165, 1.54) is 107 Å². The van der Waals surface area contributed by atoms with E-state index in [2.05, 4.69) is 90.8 Å². The number of para-hydroxylation sites is 3. The fourth-order valence-corrected chi connectivity index (χ4v) is 11.7. The van der Waals surface area contributed by atoms with Crippen molar-refractivity contribution >= 4 is 94.6 Å². The average Bonchev–Trinajstić information content (AvgIpc) is 1.67. The van der Waals surface area contributed by atoms with Gasteiger partial charge in [0, 0.05) is 182 Å². The van der Waals surface area contributed by atoms with E-state index < -0.39 is 17.0 Å². The van der Waals surface area contributed by atoms with Gasteiger partial charge in [-0.1, -0.05) is 216 Å². The topological polar surface area (TPSA) is 264 Å². The third kappa shape index (κ3) is 43.6. The van der Waals surface area contributed by atoms with Crippen LogP contribution in [0.25, 0.3) is 110 Å². The van der Waals surface area contributed by atoms with E-state index in [1.54, 1.807) is 29.5 Å². The van der Waals surface area contributed by atoms with Crippen molar-refractivity contribution in [1.82, 2.24) is 30.1 Å². The zero-order chi connectivity index (χ0) is 92.5. The first-order valence-corrected chi connectivity index (χ1v) is 40.5. The van der Waals surface area contributed by atoms with Crippen molar-refractivity contribution in [2.75, 3.05) is 0 Å².